The number of methoxy groups -OCH3 is 1. The van der Waals surface area contributed by atoms with Gasteiger partial charge in [-0.3, -0.25) is 9.69 Å². The molecule has 2 aromatic rings. The van der Waals surface area contributed by atoms with Crippen LogP contribution in [0.1, 0.15) is 25.3 Å². The number of hydrogen-bond donors (Lipinski definition) is 2. The number of carbonyl (C=O) groups is 3. The maximum Gasteiger partial charge on any atom is 0.414 e. The molecule has 39 heavy (non-hydrogen) atoms. The predicted molar refractivity (Wildman–Crippen MR) is 143 cm³/mol. The summed E-state index contributed by atoms with van der Waals surface area (Å²) in [6.07, 6.45) is 1.75. The summed E-state index contributed by atoms with van der Waals surface area (Å²) in [5.74, 6) is -1.99. The smallest absolute Gasteiger partial charge is 0.414 e. The van der Waals surface area contributed by atoms with Gasteiger partial charge in [0.2, 0.25) is 5.91 Å². The van der Waals surface area contributed by atoms with E-state index in [9.17, 15) is 9.18 Å². The molecule has 0 saturated carbocycles. The van der Waals surface area contributed by atoms with Crippen molar-refractivity contribution in [3.63, 3.8) is 0 Å². The third-order valence-electron chi connectivity index (χ3n) is 6.84. The molecule has 0 spiro atoms. The van der Waals surface area contributed by atoms with Crippen molar-refractivity contribution in [2.75, 3.05) is 57.9 Å². The van der Waals surface area contributed by atoms with E-state index in [1.54, 1.807) is 13.2 Å². The third-order valence-corrected chi connectivity index (χ3v) is 6.84. The molecule has 2 N–H and O–H groups in total. The summed E-state index contributed by atoms with van der Waals surface area (Å²) in [4.78, 5) is 37.7. The lowest BCUT2D eigenvalue weighted by Crippen LogP contribution is -2.51. The summed E-state index contributed by atoms with van der Waals surface area (Å²) < 4.78 is 25.1. The van der Waals surface area contributed by atoms with E-state index >= 15 is 0 Å². The van der Waals surface area contributed by atoms with Crippen LogP contribution in [-0.4, -0.2) is 90.8 Å². The number of benzene rings is 2. The largest absolute Gasteiger partial charge is 0.493 e. The molecule has 0 aromatic heterocycles. The Morgan fingerprint density at radius 3 is 2.13 bits per heavy atom. The second-order valence-electron chi connectivity index (χ2n) is 9.34. The van der Waals surface area contributed by atoms with Crippen molar-refractivity contribution in [1.29, 1.82) is 0 Å². The Bertz CT molecular complexity index is 1120. The fourth-order valence-electron chi connectivity index (χ4n) is 4.82. The summed E-state index contributed by atoms with van der Waals surface area (Å²) in [6.45, 7) is 7.86. The zero-order valence-corrected chi connectivity index (χ0v) is 22.3. The standard InChI is InChI=1S/C26H34FN3O3.C2H2O4/c1-3-33-24-9-8-20(18-25(24)32-2)19-28-12-10-21(11-13-28)26(31)30-16-14-29(15-17-30)23-7-5-4-6-22(23)27;3-1(4)2(5)6/h4-9,18,21H,3,10-17,19H2,1-2H3;(H,3,4)(H,5,6). The minimum Gasteiger partial charge on any atom is -0.493 e. The number of carboxylic acid groups (broad SMARTS) is 2. The molecule has 10 nitrogen and oxygen atoms in total. The minimum atomic E-state index is -1.82. The number of anilines is 1. The summed E-state index contributed by atoms with van der Waals surface area (Å²) in [6, 6.07) is 12.9. The van der Waals surface area contributed by atoms with Gasteiger partial charge < -0.3 is 29.5 Å². The van der Waals surface area contributed by atoms with Crippen LogP contribution in [0.5, 0.6) is 11.5 Å². The van der Waals surface area contributed by atoms with E-state index in [2.05, 4.69) is 11.0 Å². The molecule has 2 aliphatic rings. The second kappa shape index (κ2) is 14.3. The molecular weight excluding hydrogens is 509 g/mol. The SMILES string of the molecule is CCOc1ccc(CN2CCC(C(=O)N3CCN(c4ccccc4F)CC3)CC2)cc1OC.O=C(O)C(=O)O. The van der Waals surface area contributed by atoms with Crippen LogP contribution in [-0.2, 0) is 20.9 Å². The number of aliphatic carboxylic acids is 2. The molecule has 0 radical (unpaired) electrons. The number of rotatable bonds is 7. The fraction of sp³-hybridized carbons (Fsp3) is 0.464. The van der Waals surface area contributed by atoms with Crippen molar-refractivity contribution >= 4 is 23.5 Å². The van der Waals surface area contributed by atoms with Crippen LogP contribution in [0.3, 0.4) is 0 Å². The highest BCUT2D eigenvalue weighted by Crippen LogP contribution is 2.30. The number of hydrogen-bond acceptors (Lipinski definition) is 7. The lowest BCUT2D eigenvalue weighted by atomic mass is 9.94. The number of piperazine rings is 1. The van der Waals surface area contributed by atoms with Crippen molar-refractivity contribution in [2.24, 2.45) is 5.92 Å². The molecule has 2 heterocycles. The monoisotopic (exact) mass is 545 g/mol. The van der Waals surface area contributed by atoms with E-state index in [0.717, 1.165) is 44.0 Å². The molecule has 2 aromatic carbocycles. The highest BCUT2D eigenvalue weighted by Gasteiger charge is 2.31. The average molecular weight is 546 g/mol. The molecule has 212 valence electrons. The first kappa shape index (κ1) is 29.7. The summed E-state index contributed by atoms with van der Waals surface area (Å²) in [5, 5.41) is 14.8. The van der Waals surface area contributed by atoms with Crippen LogP contribution in [0.2, 0.25) is 0 Å². The number of likely N-dealkylation sites (tertiary alicyclic amines) is 1. The number of piperidine rings is 1. The maximum atomic E-state index is 14.1. The van der Waals surface area contributed by atoms with Crippen LogP contribution in [0.15, 0.2) is 42.5 Å². The second-order valence-corrected chi connectivity index (χ2v) is 9.34. The van der Waals surface area contributed by atoms with Crippen LogP contribution >= 0.6 is 0 Å². The number of halogens is 1. The van der Waals surface area contributed by atoms with E-state index in [1.807, 2.05) is 41.0 Å². The first-order valence-electron chi connectivity index (χ1n) is 13.0. The highest BCUT2D eigenvalue weighted by atomic mass is 19.1. The third kappa shape index (κ3) is 8.31. The van der Waals surface area contributed by atoms with Gasteiger partial charge in [-0.25, -0.2) is 14.0 Å². The van der Waals surface area contributed by atoms with Crippen molar-refractivity contribution in [2.45, 2.75) is 26.3 Å². The van der Waals surface area contributed by atoms with Crippen LogP contribution in [0.4, 0.5) is 10.1 Å². The molecule has 0 aliphatic carbocycles. The zero-order chi connectivity index (χ0) is 28.4. The molecule has 0 unspecified atom stereocenters. The predicted octanol–water partition coefficient (Wildman–Crippen LogP) is 2.95. The lowest BCUT2D eigenvalue weighted by molar-refractivity contribution is -0.159. The van der Waals surface area contributed by atoms with Gasteiger partial charge in [0, 0.05) is 38.6 Å². The number of para-hydroxylation sites is 1. The van der Waals surface area contributed by atoms with Gasteiger partial charge in [-0.1, -0.05) is 18.2 Å². The number of ether oxygens (including phenoxy) is 2. The Labute approximate surface area is 227 Å². The van der Waals surface area contributed by atoms with Gasteiger partial charge in [0.15, 0.2) is 11.5 Å². The Balaban J connectivity index is 0.000000631. The molecule has 1 amide bonds. The van der Waals surface area contributed by atoms with Gasteiger partial charge in [0.25, 0.3) is 0 Å². The highest BCUT2D eigenvalue weighted by molar-refractivity contribution is 6.27. The Kier molecular flexibility index (Phi) is 10.9. The van der Waals surface area contributed by atoms with Crippen molar-refractivity contribution in [3.8, 4) is 11.5 Å². The fourth-order valence-corrected chi connectivity index (χ4v) is 4.82. The van der Waals surface area contributed by atoms with Crippen LogP contribution < -0.4 is 14.4 Å². The quantitative estimate of drug-likeness (QED) is 0.506. The molecule has 0 bridgehead atoms. The topological polar surface area (TPSA) is 120 Å². The van der Waals surface area contributed by atoms with Crippen molar-refractivity contribution in [1.82, 2.24) is 9.80 Å². The van der Waals surface area contributed by atoms with Crippen LogP contribution in [0.25, 0.3) is 0 Å². The van der Waals surface area contributed by atoms with Crippen molar-refractivity contribution in [3.05, 3.63) is 53.8 Å². The van der Waals surface area contributed by atoms with E-state index in [0.29, 0.717) is 38.5 Å². The Morgan fingerprint density at radius 1 is 0.923 bits per heavy atom. The Morgan fingerprint density at radius 2 is 1.56 bits per heavy atom. The average Bonchev–Trinajstić information content (AvgIpc) is 2.94. The maximum absolute atomic E-state index is 14.1. The van der Waals surface area contributed by atoms with Crippen molar-refractivity contribution < 1.29 is 38.5 Å². The molecule has 2 fully saturated rings. The number of nitrogens with zero attached hydrogens (tertiary/aromatic N) is 3. The number of carbonyl (C=O) groups excluding carboxylic acids is 1. The van der Waals surface area contributed by atoms with Gasteiger partial charge in [-0.2, -0.15) is 0 Å². The van der Waals surface area contributed by atoms with Gasteiger partial charge >= 0.3 is 11.9 Å². The summed E-state index contributed by atoms with van der Waals surface area (Å²) in [5.41, 5.74) is 1.81. The molecule has 0 atom stereocenters. The summed E-state index contributed by atoms with van der Waals surface area (Å²) >= 11 is 0. The van der Waals surface area contributed by atoms with Gasteiger partial charge in [0.1, 0.15) is 5.82 Å². The van der Waals surface area contributed by atoms with E-state index < -0.39 is 11.9 Å². The molecule has 2 aliphatic heterocycles. The molecule has 11 heteroatoms. The molecular formula is C28H36FN3O7. The Hall–Kier alpha value is -3.86. The van der Waals surface area contributed by atoms with Crippen LogP contribution in [0, 0.1) is 11.7 Å². The van der Waals surface area contributed by atoms with E-state index in [-0.39, 0.29) is 17.6 Å². The lowest BCUT2D eigenvalue weighted by Gasteiger charge is -2.39. The molecule has 2 saturated heterocycles. The first-order chi connectivity index (χ1) is 18.7. The molecule has 4 rings (SSSR count). The number of carboxylic acids is 2. The van der Waals surface area contributed by atoms with Gasteiger partial charge in [-0.15, -0.1) is 0 Å². The number of amides is 1. The van der Waals surface area contributed by atoms with E-state index in [4.69, 9.17) is 29.3 Å². The summed E-state index contributed by atoms with van der Waals surface area (Å²) in [7, 11) is 1.66. The van der Waals surface area contributed by atoms with Gasteiger partial charge in [-0.05, 0) is 62.7 Å². The van der Waals surface area contributed by atoms with E-state index in [1.165, 1.54) is 11.6 Å². The normalized spacial score (nSPS) is 16.2. The zero-order valence-electron chi connectivity index (χ0n) is 22.3. The van der Waals surface area contributed by atoms with Gasteiger partial charge in [0.05, 0.1) is 19.4 Å². The minimum absolute atomic E-state index is 0.0797. The first-order valence-corrected chi connectivity index (χ1v) is 13.0.